The third kappa shape index (κ3) is 7.66. The minimum atomic E-state index is -4.25. The van der Waals surface area contributed by atoms with E-state index in [1.165, 1.54) is 6.20 Å². The maximum atomic E-state index is 14.8. The Morgan fingerprint density at radius 2 is 2.06 bits per heavy atom. The average Bonchev–Trinajstić information content (AvgIpc) is 3.33. The highest BCUT2D eigenvalue weighted by molar-refractivity contribution is 7.93. The van der Waals surface area contributed by atoms with Crippen molar-refractivity contribution >= 4 is 56.0 Å². The predicted molar refractivity (Wildman–Crippen MR) is 140 cm³/mol. The second-order valence-corrected chi connectivity index (χ2v) is 10.8. The van der Waals surface area contributed by atoms with E-state index >= 15 is 0 Å². The number of anilines is 1. The summed E-state index contributed by atoms with van der Waals surface area (Å²) in [4.78, 5) is 16.1. The van der Waals surface area contributed by atoms with E-state index in [4.69, 9.17) is 27.9 Å². The number of thiazole rings is 1. The van der Waals surface area contributed by atoms with Crippen LogP contribution in [0.3, 0.4) is 0 Å². The number of carbonyl (C=O) groups is 1. The van der Waals surface area contributed by atoms with Crippen LogP contribution in [0.15, 0.2) is 46.8 Å². The van der Waals surface area contributed by atoms with E-state index in [-0.39, 0.29) is 22.4 Å². The first kappa shape index (κ1) is 27.9. The number of halogens is 3. The van der Waals surface area contributed by atoms with Gasteiger partial charge in [-0.1, -0.05) is 29.1 Å². The molecule has 0 aliphatic rings. The summed E-state index contributed by atoms with van der Waals surface area (Å²) in [6, 6.07) is 6.90. The smallest absolute Gasteiger partial charge is 0.266 e. The molecule has 3 rings (SSSR count). The first-order valence-electron chi connectivity index (χ1n) is 10.7. The predicted octanol–water partition coefficient (Wildman–Crippen LogP) is 5.64. The maximum Gasteiger partial charge on any atom is 0.266 e. The second kappa shape index (κ2) is 13.0. The Morgan fingerprint density at radius 3 is 2.75 bits per heavy atom. The zero-order valence-corrected chi connectivity index (χ0v) is 22.3. The number of hydrogen-bond acceptors (Lipinski definition) is 7. The monoisotopic (exact) mass is 569 g/mol. The molecule has 190 valence electrons. The zero-order valence-electron chi connectivity index (χ0n) is 19.1. The number of carbonyl (C=O) groups excluding carboxylic acids is 1. The highest BCUT2D eigenvalue weighted by atomic mass is 35.5. The Balaban J connectivity index is 1.78. The van der Waals surface area contributed by atoms with E-state index in [0.717, 1.165) is 35.3 Å². The van der Waals surface area contributed by atoms with E-state index in [1.807, 2.05) is 4.90 Å². The third-order valence-corrected chi connectivity index (χ3v) is 7.61. The fourth-order valence-electron chi connectivity index (χ4n) is 3.22. The van der Waals surface area contributed by atoms with Gasteiger partial charge >= 0.3 is 0 Å². The lowest BCUT2D eigenvalue weighted by Gasteiger charge is -2.18. The van der Waals surface area contributed by atoms with Crippen molar-refractivity contribution in [1.82, 2.24) is 9.88 Å². The number of rotatable bonds is 12. The van der Waals surface area contributed by atoms with Crippen LogP contribution in [0.25, 0.3) is 0 Å². The van der Waals surface area contributed by atoms with Gasteiger partial charge in [-0.2, -0.15) is 0 Å². The molecule has 0 bridgehead atoms. The molecule has 0 saturated carbocycles. The normalized spacial score (nSPS) is 11.1. The first-order chi connectivity index (χ1) is 17.2. The lowest BCUT2D eigenvalue weighted by Crippen LogP contribution is -2.27. The summed E-state index contributed by atoms with van der Waals surface area (Å²) in [5.74, 6) is 5.07. The number of sulfonamides is 1. The van der Waals surface area contributed by atoms with Gasteiger partial charge in [0.25, 0.3) is 10.0 Å². The molecule has 0 amide bonds. The fourth-order valence-corrected chi connectivity index (χ4v) is 5.56. The Hall–Kier alpha value is -2.68. The number of nitrogens with one attached hydrogen (secondary N) is 1. The van der Waals surface area contributed by atoms with Gasteiger partial charge in [0, 0.05) is 22.7 Å². The quantitative estimate of drug-likeness (QED) is 0.224. The van der Waals surface area contributed by atoms with Crippen molar-refractivity contribution in [3.63, 3.8) is 0 Å². The van der Waals surface area contributed by atoms with Gasteiger partial charge in [0.05, 0.1) is 18.1 Å². The lowest BCUT2D eigenvalue weighted by molar-refractivity contribution is -0.108. The highest BCUT2D eigenvalue weighted by Gasteiger charge is 2.23. The van der Waals surface area contributed by atoms with Gasteiger partial charge in [0.1, 0.15) is 28.5 Å². The molecule has 0 atom stereocenters. The molecule has 1 heterocycles. The maximum absolute atomic E-state index is 14.8. The van der Waals surface area contributed by atoms with Gasteiger partial charge in [-0.15, -0.1) is 17.3 Å². The van der Waals surface area contributed by atoms with Crippen LogP contribution in [0.4, 0.5) is 9.52 Å². The van der Waals surface area contributed by atoms with Crippen LogP contribution in [-0.4, -0.2) is 44.2 Å². The zero-order chi connectivity index (χ0) is 26.1. The Labute approximate surface area is 223 Å². The van der Waals surface area contributed by atoms with Gasteiger partial charge in [-0.05, 0) is 56.1 Å². The highest BCUT2D eigenvalue weighted by Crippen LogP contribution is 2.36. The van der Waals surface area contributed by atoms with Crippen molar-refractivity contribution in [3.8, 4) is 23.3 Å². The molecule has 0 aliphatic heterocycles. The molecule has 1 aromatic heterocycles. The van der Waals surface area contributed by atoms with Crippen molar-refractivity contribution in [3.05, 3.63) is 63.3 Å². The summed E-state index contributed by atoms with van der Waals surface area (Å²) in [5.41, 5.74) is 0.744. The van der Waals surface area contributed by atoms with Crippen LogP contribution >= 0.6 is 34.5 Å². The minimum Gasteiger partial charge on any atom is -0.455 e. The number of benzene rings is 2. The third-order valence-electron chi connectivity index (χ3n) is 4.91. The molecule has 0 spiro atoms. The Kier molecular flexibility index (Phi) is 10.1. The molecule has 3 aromatic rings. The van der Waals surface area contributed by atoms with Crippen molar-refractivity contribution in [2.45, 2.75) is 24.7 Å². The summed E-state index contributed by atoms with van der Waals surface area (Å²) < 4.78 is 48.1. The molecule has 0 radical (unpaired) electrons. The summed E-state index contributed by atoms with van der Waals surface area (Å²) in [7, 11) is -4.25. The largest absolute Gasteiger partial charge is 0.455 e. The van der Waals surface area contributed by atoms with Gasteiger partial charge in [-0.3, -0.25) is 9.62 Å². The topological polar surface area (TPSA) is 88.6 Å². The van der Waals surface area contributed by atoms with E-state index in [9.17, 15) is 17.6 Å². The van der Waals surface area contributed by atoms with Crippen molar-refractivity contribution in [2.24, 2.45) is 0 Å². The molecule has 0 fully saturated rings. The summed E-state index contributed by atoms with van der Waals surface area (Å²) in [5, 5.41) is 2.09. The fraction of sp³-hybridized carbons (Fsp3) is 0.250. The van der Waals surface area contributed by atoms with Gasteiger partial charge in [-0.25, -0.2) is 17.8 Å². The Bertz CT molecular complexity index is 1370. The number of aldehydes is 1. The SMILES string of the molecule is CC#CCN(CC=O)CCCc1cc(Cl)ccc1Oc1cc(F)c(S(=O)(=O)Nc2nccs2)cc1Cl. The number of hydrogen-bond donors (Lipinski definition) is 1. The minimum absolute atomic E-state index is 0.0493. The van der Waals surface area contributed by atoms with Gasteiger partial charge in [0.15, 0.2) is 5.13 Å². The van der Waals surface area contributed by atoms with Crippen LogP contribution in [0, 0.1) is 17.7 Å². The first-order valence-corrected chi connectivity index (χ1v) is 13.8. The molecule has 2 aromatic carbocycles. The standard InChI is InChI=1S/C24H22Cl2FN3O4S2/c1-2-3-9-30(11-12-31)10-4-5-17-14-18(25)6-7-21(17)34-22-16-20(27)23(15-19(22)26)36(32,33)29-24-28-8-13-35-24/h6-8,12-16H,4-5,9-11H2,1H3,(H,28,29). The number of nitrogens with zero attached hydrogens (tertiary/aromatic N) is 2. The summed E-state index contributed by atoms with van der Waals surface area (Å²) in [6.45, 7) is 3.11. The molecule has 0 unspecified atom stereocenters. The molecule has 7 nitrogen and oxygen atoms in total. The molecule has 12 heteroatoms. The van der Waals surface area contributed by atoms with Crippen LogP contribution in [0.1, 0.15) is 18.9 Å². The van der Waals surface area contributed by atoms with Crippen LogP contribution in [0.2, 0.25) is 10.0 Å². The molecule has 0 saturated heterocycles. The van der Waals surface area contributed by atoms with Crippen LogP contribution in [-0.2, 0) is 21.2 Å². The summed E-state index contributed by atoms with van der Waals surface area (Å²) in [6.07, 6.45) is 3.48. The van der Waals surface area contributed by atoms with Crippen LogP contribution < -0.4 is 9.46 Å². The second-order valence-electron chi connectivity index (χ2n) is 7.44. The van der Waals surface area contributed by atoms with E-state index in [1.54, 1.807) is 30.5 Å². The van der Waals surface area contributed by atoms with E-state index in [2.05, 4.69) is 21.5 Å². The molecular weight excluding hydrogens is 548 g/mol. The van der Waals surface area contributed by atoms with Crippen LogP contribution in [0.5, 0.6) is 11.5 Å². The molecular formula is C24H22Cl2FN3O4S2. The van der Waals surface area contributed by atoms with Crippen molar-refractivity contribution in [1.29, 1.82) is 0 Å². The molecule has 36 heavy (non-hydrogen) atoms. The average molecular weight is 570 g/mol. The van der Waals surface area contributed by atoms with E-state index < -0.39 is 20.7 Å². The van der Waals surface area contributed by atoms with Crippen molar-refractivity contribution < 1.29 is 22.3 Å². The van der Waals surface area contributed by atoms with Gasteiger partial charge < -0.3 is 9.53 Å². The molecule has 0 aliphatic carbocycles. The van der Waals surface area contributed by atoms with E-state index in [0.29, 0.717) is 36.7 Å². The number of ether oxygens (including phenoxy) is 1. The van der Waals surface area contributed by atoms with Gasteiger partial charge in [0.2, 0.25) is 0 Å². The van der Waals surface area contributed by atoms with Crippen molar-refractivity contribution in [2.75, 3.05) is 24.4 Å². The number of aromatic nitrogens is 1. The number of aryl methyl sites for hydroxylation is 1. The molecule has 1 N–H and O–H groups in total. The summed E-state index contributed by atoms with van der Waals surface area (Å²) >= 11 is 13.5. The Morgan fingerprint density at radius 1 is 1.25 bits per heavy atom. The lowest BCUT2D eigenvalue weighted by atomic mass is 10.1.